The largest absolute Gasteiger partial charge is 0.426 e. The molecule has 3 aromatic carbocycles. The molecule has 40 heavy (non-hydrogen) atoms. The Balaban J connectivity index is 1.84. The Morgan fingerprint density at radius 1 is 0.650 bits per heavy atom. The number of halogens is 5. The molecule has 2 heterocycles. The normalized spacial score (nSPS) is 13.4. The van der Waals surface area contributed by atoms with E-state index in [1.54, 1.807) is 0 Å². The lowest BCUT2D eigenvalue weighted by atomic mass is 9.76. The van der Waals surface area contributed by atoms with Gasteiger partial charge in [-0.2, -0.15) is 13.2 Å². The summed E-state index contributed by atoms with van der Waals surface area (Å²) in [7, 11) is 0. The first-order valence-corrected chi connectivity index (χ1v) is 12.9. The summed E-state index contributed by atoms with van der Waals surface area (Å²) in [4.78, 5) is 8.09. The molecule has 5 rings (SSSR count). The zero-order valence-electron chi connectivity index (χ0n) is 20.8. The van der Waals surface area contributed by atoms with Gasteiger partial charge in [-0.05, 0) is 28.8 Å². The van der Waals surface area contributed by atoms with Crippen molar-refractivity contribution in [2.24, 2.45) is 0 Å². The minimum Gasteiger partial charge on any atom is -0.372 e. The topological polar surface area (TPSA) is 58.0 Å². The zero-order valence-corrected chi connectivity index (χ0v) is 22.3. The number of nitrogens with zero attached hydrogens (tertiary/aromatic N) is 2. The SMILES string of the molecule is OC(c1cccnc1Cl)(c1cc(Cl)cnc1NC(c1ccccc1)(c1ccccc1)c1ccccc1)C(F)(F)F. The molecule has 202 valence electrons. The van der Waals surface area contributed by atoms with Crippen LogP contribution in [0.5, 0.6) is 0 Å². The summed E-state index contributed by atoms with van der Waals surface area (Å²) in [6, 6.07) is 31.2. The highest BCUT2D eigenvalue weighted by atomic mass is 35.5. The van der Waals surface area contributed by atoms with Gasteiger partial charge in [0.25, 0.3) is 0 Å². The number of pyridine rings is 2. The summed E-state index contributed by atoms with van der Waals surface area (Å²) >= 11 is 12.3. The van der Waals surface area contributed by atoms with Crippen LogP contribution < -0.4 is 5.32 Å². The molecule has 4 nitrogen and oxygen atoms in total. The molecule has 0 amide bonds. The van der Waals surface area contributed by atoms with Gasteiger partial charge in [0.1, 0.15) is 16.5 Å². The summed E-state index contributed by atoms with van der Waals surface area (Å²) in [6.07, 6.45) is -2.76. The van der Waals surface area contributed by atoms with Crippen LogP contribution >= 0.6 is 23.2 Å². The van der Waals surface area contributed by atoms with E-state index < -0.39 is 33.6 Å². The number of rotatable bonds is 7. The van der Waals surface area contributed by atoms with E-state index in [9.17, 15) is 18.3 Å². The molecule has 0 aliphatic heterocycles. The molecule has 0 saturated heterocycles. The van der Waals surface area contributed by atoms with Crippen LogP contribution in [0, 0.1) is 0 Å². The van der Waals surface area contributed by atoms with Crippen molar-refractivity contribution >= 4 is 29.0 Å². The van der Waals surface area contributed by atoms with E-state index in [0.717, 1.165) is 28.8 Å². The number of benzene rings is 3. The summed E-state index contributed by atoms with van der Waals surface area (Å²) in [5.74, 6) is -0.249. The van der Waals surface area contributed by atoms with E-state index >= 15 is 0 Å². The molecule has 2 aromatic heterocycles. The number of alkyl halides is 3. The van der Waals surface area contributed by atoms with Crippen LogP contribution in [0.2, 0.25) is 10.2 Å². The van der Waals surface area contributed by atoms with Crippen molar-refractivity contribution in [1.82, 2.24) is 9.97 Å². The second-order valence-electron chi connectivity index (χ2n) is 9.07. The number of hydrogen-bond donors (Lipinski definition) is 2. The Morgan fingerprint density at radius 2 is 1.15 bits per heavy atom. The van der Waals surface area contributed by atoms with Gasteiger partial charge in [0.2, 0.25) is 5.60 Å². The van der Waals surface area contributed by atoms with E-state index in [2.05, 4.69) is 15.3 Å². The Bertz CT molecular complexity index is 1510. The van der Waals surface area contributed by atoms with Gasteiger partial charge in [0, 0.05) is 23.5 Å². The molecule has 5 aromatic rings. The summed E-state index contributed by atoms with van der Waals surface area (Å²) in [6.45, 7) is 0. The van der Waals surface area contributed by atoms with Crippen molar-refractivity contribution in [3.8, 4) is 0 Å². The number of nitrogens with one attached hydrogen (secondary N) is 1. The first kappa shape index (κ1) is 27.6. The van der Waals surface area contributed by atoms with Crippen LogP contribution in [0.4, 0.5) is 19.0 Å². The summed E-state index contributed by atoms with van der Waals surface area (Å²) in [5.41, 5.74) is -3.94. The maximum Gasteiger partial charge on any atom is 0.426 e. The second-order valence-corrected chi connectivity index (χ2v) is 9.87. The Hall–Kier alpha value is -3.91. The number of aliphatic hydroxyl groups is 1. The van der Waals surface area contributed by atoms with Crippen molar-refractivity contribution in [2.45, 2.75) is 17.3 Å². The van der Waals surface area contributed by atoms with Crippen molar-refractivity contribution in [3.05, 3.63) is 160 Å². The lowest BCUT2D eigenvalue weighted by Gasteiger charge is -2.39. The lowest BCUT2D eigenvalue weighted by Crippen LogP contribution is -2.46. The number of hydrogen-bond acceptors (Lipinski definition) is 4. The van der Waals surface area contributed by atoms with E-state index in [1.807, 2.05) is 91.0 Å². The van der Waals surface area contributed by atoms with Crippen LogP contribution in [-0.4, -0.2) is 21.3 Å². The monoisotopic (exact) mass is 579 g/mol. The first-order valence-electron chi connectivity index (χ1n) is 12.2. The molecular weight excluding hydrogens is 558 g/mol. The Morgan fingerprint density at radius 3 is 1.60 bits per heavy atom. The third kappa shape index (κ3) is 4.81. The van der Waals surface area contributed by atoms with Crippen LogP contribution in [0.3, 0.4) is 0 Å². The quantitative estimate of drug-likeness (QED) is 0.151. The van der Waals surface area contributed by atoms with E-state index in [0.29, 0.717) is 0 Å². The number of anilines is 1. The van der Waals surface area contributed by atoms with Gasteiger partial charge in [0.05, 0.1) is 5.02 Å². The average molecular weight is 580 g/mol. The molecule has 0 aliphatic rings. The van der Waals surface area contributed by atoms with Gasteiger partial charge < -0.3 is 10.4 Å². The predicted molar refractivity (Wildman–Crippen MR) is 150 cm³/mol. The molecule has 0 aliphatic carbocycles. The predicted octanol–water partition coefficient (Wildman–Crippen LogP) is 7.99. The van der Waals surface area contributed by atoms with Crippen LogP contribution in [0.15, 0.2) is 122 Å². The highest BCUT2D eigenvalue weighted by Crippen LogP contribution is 2.50. The third-order valence-electron chi connectivity index (χ3n) is 6.73. The standard InChI is InChI=1S/C31H22Cl2F3N3O/c32-24-19-26(30(40,31(34,35)36)25-17-10-18-37-27(25)33)28(38-20-24)39-29(21-11-4-1-5-12-21,22-13-6-2-7-14-22)23-15-8-3-9-16-23/h1-20,40H,(H,38,39). The van der Waals surface area contributed by atoms with E-state index in [4.69, 9.17) is 23.2 Å². The molecule has 0 radical (unpaired) electrons. The molecule has 0 fully saturated rings. The van der Waals surface area contributed by atoms with Gasteiger partial charge >= 0.3 is 6.18 Å². The van der Waals surface area contributed by atoms with Crippen LogP contribution in [0.25, 0.3) is 0 Å². The van der Waals surface area contributed by atoms with Gasteiger partial charge in [-0.25, -0.2) is 9.97 Å². The van der Waals surface area contributed by atoms with Gasteiger partial charge in [-0.3, -0.25) is 0 Å². The highest BCUT2D eigenvalue weighted by molar-refractivity contribution is 6.31. The molecular formula is C31H22Cl2F3N3O. The average Bonchev–Trinajstić information content (AvgIpc) is 2.97. The van der Waals surface area contributed by atoms with Crippen molar-refractivity contribution in [2.75, 3.05) is 5.32 Å². The van der Waals surface area contributed by atoms with Crippen LogP contribution in [-0.2, 0) is 11.1 Å². The third-order valence-corrected chi connectivity index (χ3v) is 7.24. The van der Waals surface area contributed by atoms with Gasteiger partial charge in [-0.1, -0.05) is 120 Å². The molecule has 0 bridgehead atoms. The second kappa shape index (κ2) is 10.9. The van der Waals surface area contributed by atoms with Crippen LogP contribution in [0.1, 0.15) is 27.8 Å². The lowest BCUT2D eigenvalue weighted by molar-refractivity contribution is -0.248. The molecule has 1 unspecified atom stereocenters. The Labute approximate surface area is 239 Å². The smallest absolute Gasteiger partial charge is 0.372 e. The van der Waals surface area contributed by atoms with Gasteiger partial charge in [0.15, 0.2) is 0 Å². The molecule has 2 N–H and O–H groups in total. The fraction of sp³-hybridized carbons (Fsp3) is 0.0968. The molecule has 0 saturated carbocycles. The molecule has 1 atom stereocenters. The molecule has 9 heteroatoms. The van der Waals surface area contributed by atoms with Crippen molar-refractivity contribution < 1.29 is 18.3 Å². The molecule has 0 spiro atoms. The first-order chi connectivity index (χ1) is 19.2. The maximum atomic E-state index is 14.9. The summed E-state index contributed by atoms with van der Waals surface area (Å²) in [5, 5.41) is 14.3. The van der Waals surface area contributed by atoms with E-state index in [-0.39, 0.29) is 10.8 Å². The fourth-order valence-electron chi connectivity index (χ4n) is 4.88. The minimum atomic E-state index is -5.22. The zero-order chi connectivity index (χ0) is 28.4. The summed E-state index contributed by atoms with van der Waals surface area (Å²) < 4.78 is 44.8. The van der Waals surface area contributed by atoms with Gasteiger partial charge in [-0.15, -0.1) is 0 Å². The van der Waals surface area contributed by atoms with Crippen molar-refractivity contribution in [3.63, 3.8) is 0 Å². The van der Waals surface area contributed by atoms with Crippen molar-refractivity contribution in [1.29, 1.82) is 0 Å². The van der Waals surface area contributed by atoms with E-state index in [1.165, 1.54) is 18.5 Å². The number of aromatic nitrogens is 2. The fourth-order valence-corrected chi connectivity index (χ4v) is 5.29. The minimum absolute atomic E-state index is 0.104. The highest BCUT2D eigenvalue weighted by Gasteiger charge is 2.59. The Kier molecular flexibility index (Phi) is 7.55. The maximum absolute atomic E-state index is 14.9.